The van der Waals surface area contributed by atoms with Crippen molar-refractivity contribution in [2.75, 3.05) is 13.2 Å². The first kappa shape index (κ1) is 28.9. The van der Waals surface area contributed by atoms with Crippen molar-refractivity contribution in [3.05, 3.63) is 76.5 Å². The van der Waals surface area contributed by atoms with Gasteiger partial charge in [0.15, 0.2) is 0 Å². The molecule has 0 aliphatic heterocycles. The quantitative estimate of drug-likeness (QED) is 0.281. The first-order valence-corrected chi connectivity index (χ1v) is 13.9. The highest BCUT2D eigenvalue weighted by atomic mass is 19.4. The van der Waals surface area contributed by atoms with E-state index in [1.165, 1.54) is 25.0 Å². The number of aryl methyl sites for hydroxylation is 1. The summed E-state index contributed by atoms with van der Waals surface area (Å²) in [6.07, 6.45) is -1.94. The summed E-state index contributed by atoms with van der Waals surface area (Å²) in [5.74, 6) is 0.855. The predicted molar refractivity (Wildman–Crippen MR) is 147 cm³/mol. The van der Waals surface area contributed by atoms with Crippen LogP contribution in [0.15, 0.2) is 48.7 Å². The Kier molecular flexibility index (Phi) is 7.76. The third kappa shape index (κ3) is 6.20. The third-order valence-corrected chi connectivity index (χ3v) is 7.64. The molecule has 218 valence electrons. The molecule has 0 amide bonds. The minimum Gasteiger partial charge on any atom is -0.489 e. The Morgan fingerprint density at radius 1 is 1.10 bits per heavy atom. The Morgan fingerprint density at radius 3 is 2.56 bits per heavy atom. The Balaban J connectivity index is 1.34. The van der Waals surface area contributed by atoms with Crippen LogP contribution in [-0.2, 0) is 35.2 Å². The molecule has 5 rings (SSSR count). The Hall–Kier alpha value is -3.59. The van der Waals surface area contributed by atoms with E-state index in [2.05, 4.69) is 11.1 Å². The van der Waals surface area contributed by atoms with E-state index in [0.717, 1.165) is 36.4 Å². The lowest BCUT2D eigenvalue weighted by Crippen LogP contribution is -2.28. The van der Waals surface area contributed by atoms with Gasteiger partial charge in [0.25, 0.3) is 0 Å². The standard InChI is InChI=1S/C32H34F3NO5/c1-5-19-11-22-21(12-23-28(22)29(23)30(37)39-6-2)13-26(19)40-16-18-8-7-9-20(10-18)24-15-36-27(41-17-31(3,4)38)14-25(24)32(33,34)35/h7-11,13-15,23,28-29,38H,5-6,12,16-17H2,1-4H3. The van der Waals surface area contributed by atoms with Crippen LogP contribution in [0.5, 0.6) is 11.6 Å². The van der Waals surface area contributed by atoms with Gasteiger partial charge >= 0.3 is 12.1 Å². The monoisotopic (exact) mass is 569 g/mol. The van der Waals surface area contributed by atoms with Crippen LogP contribution in [0.3, 0.4) is 0 Å². The molecule has 1 heterocycles. The van der Waals surface area contributed by atoms with E-state index in [-0.39, 0.29) is 48.4 Å². The van der Waals surface area contributed by atoms with Gasteiger partial charge in [-0.25, -0.2) is 4.98 Å². The Labute approximate surface area is 237 Å². The number of carbonyl (C=O) groups is 1. The number of ether oxygens (including phenoxy) is 3. The molecular formula is C32H34F3NO5. The average Bonchev–Trinajstić information content (AvgIpc) is 3.52. The van der Waals surface area contributed by atoms with Crippen molar-refractivity contribution in [1.29, 1.82) is 0 Å². The van der Waals surface area contributed by atoms with Crippen molar-refractivity contribution in [2.24, 2.45) is 11.8 Å². The second kappa shape index (κ2) is 11.0. The van der Waals surface area contributed by atoms with Crippen molar-refractivity contribution >= 4 is 5.97 Å². The van der Waals surface area contributed by atoms with E-state index in [1.54, 1.807) is 18.2 Å². The number of hydrogen-bond acceptors (Lipinski definition) is 6. The van der Waals surface area contributed by atoms with E-state index < -0.39 is 17.3 Å². The molecule has 2 aromatic carbocycles. The van der Waals surface area contributed by atoms with Gasteiger partial charge in [-0.05, 0) is 79.5 Å². The fourth-order valence-electron chi connectivity index (χ4n) is 5.67. The molecule has 0 spiro atoms. The number of rotatable bonds is 10. The fraction of sp³-hybridized carbons (Fsp3) is 0.438. The molecule has 3 aromatic rings. The number of benzene rings is 2. The Morgan fingerprint density at radius 2 is 1.88 bits per heavy atom. The molecule has 2 aliphatic rings. The summed E-state index contributed by atoms with van der Waals surface area (Å²) in [6, 6.07) is 11.8. The van der Waals surface area contributed by atoms with Crippen LogP contribution in [0, 0.1) is 11.8 Å². The van der Waals surface area contributed by atoms with Crippen molar-refractivity contribution in [2.45, 2.75) is 64.8 Å². The number of hydrogen-bond donors (Lipinski definition) is 1. The molecule has 0 bridgehead atoms. The summed E-state index contributed by atoms with van der Waals surface area (Å²) < 4.78 is 58.7. The van der Waals surface area contributed by atoms with Gasteiger partial charge in [-0.1, -0.05) is 31.2 Å². The highest BCUT2D eigenvalue weighted by molar-refractivity contribution is 5.80. The first-order valence-electron chi connectivity index (χ1n) is 13.9. The number of aromatic nitrogens is 1. The summed E-state index contributed by atoms with van der Waals surface area (Å²) in [5, 5.41) is 9.84. The summed E-state index contributed by atoms with van der Waals surface area (Å²) in [6.45, 7) is 7.21. The van der Waals surface area contributed by atoms with E-state index in [1.807, 2.05) is 26.0 Å². The van der Waals surface area contributed by atoms with Crippen molar-refractivity contribution in [1.82, 2.24) is 4.98 Å². The highest BCUT2D eigenvalue weighted by Gasteiger charge is 2.60. The molecular weight excluding hydrogens is 535 g/mol. The molecule has 9 heteroatoms. The van der Waals surface area contributed by atoms with Gasteiger partial charge in [0, 0.05) is 23.7 Å². The van der Waals surface area contributed by atoms with Gasteiger partial charge in [-0.2, -0.15) is 13.2 Å². The van der Waals surface area contributed by atoms with Gasteiger partial charge in [-0.15, -0.1) is 0 Å². The third-order valence-electron chi connectivity index (χ3n) is 7.64. The zero-order chi connectivity index (χ0) is 29.5. The topological polar surface area (TPSA) is 77.9 Å². The zero-order valence-electron chi connectivity index (χ0n) is 23.5. The Bertz CT molecular complexity index is 1450. The molecule has 0 saturated heterocycles. The number of alkyl halides is 3. The maximum absolute atomic E-state index is 14.0. The molecule has 41 heavy (non-hydrogen) atoms. The lowest BCUT2D eigenvalue weighted by Gasteiger charge is -2.19. The van der Waals surface area contributed by atoms with E-state index in [4.69, 9.17) is 14.2 Å². The lowest BCUT2D eigenvalue weighted by molar-refractivity contribution is -0.145. The minimum atomic E-state index is -4.63. The normalized spacial score (nSPS) is 19.4. The number of esters is 1. The molecule has 3 atom stereocenters. The molecule has 1 N–H and O–H groups in total. The van der Waals surface area contributed by atoms with Crippen LogP contribution in [0.4, 0.5) is 13.2 Å². The largest absolute Gasteiger partial charge is 0.489 e. The van der Waals surface area contributed by atoms with Crippen LogP contribution in [0.1, 0.15) is 61.4 Å². The van der Waals surface area contributed by atoms with E-state index >= 15 is 0 Å². The molecule has 1 saturated carbocycles. The first-order chi connectivity index (χ1) is 19.4. The lowest BCUT2D eigenvalue weighted by atomic mass is 9.97. The maximum atomic E-state index is 14.0. The van der Waals surface area contributed by atoms with Crippen molar-refractivity contribution in [3.8, 4) is 22.8 Å². The van der Waals surface area contributed by atoms with Crippen LogP contribution in [-0.4, -0.2) is 34.9 Å². The molecule has 1 aromatic heterocycles. The second-order valence-corrected chi connectivity index (χ2v) is 11.3. The molecule has 0 radical (unpaired) electrons. The summed E-state index contributed by atoms with van der Waals surface area (Å²) in [7, 11) is 0. The number of carbonyl (C=O) groups excluding carboxylic acids is 1. The van der Waals surface area contributed by atoms with Crippen LogP contribution in [0.2, 0.25) is 0 Å². The van der Waals surface area contributed by atoms with Crippen molar-refractivity contribution < 1.29 is 37.3 Å². The number of nitrogens with zero attached hydrogens (tertiary/aromatic N) is 1. The SMILES string of the molecule is CCOC(=O)C1C2Cc3cc(OCc4cccc(-c5cnc(OCC(C)(C)O)cc5C(F)(F)F)c4)c(CC)cc3C21. The van der Waals surface area contributed by atoms with Gasteiger partial charge in [0.1, 0.15) is 19.0 Å². The molecule has 3 unspecified atom stereocenters. The number of aliphatic hydroxyl groups is 1. The summed E-state index contributed by atoms with van der Waals surface area (Å²) in [4.78, 5) is 16.3. The zero-order valence-corrected chi connectivity index (χ0v) is 23.5. The summed E-state index contributed by atoms with van der Waals surface area (Å²) >= 11 is 0. The van der Waals surface area contributed by atoms with Gasteiger partial charge in [-0.3, -0.25) is 4.79 Å². The molecule has 6 nitrogen and oxygen atoms in total. The van der Waals surface area contributed by atoms with E-state index in [0.29, 0.717) is 17.7 Å². The molecule has 1 fully saturated rings. The smallest absolute Gasteiger partial charge is 0.417 e. The number of fused-ring (bicyclic) bond motifs is 3. The fourth-order valence-corrected chi connectivity index (χ4v) is 5.67. The van der Waals surface area contributed by atoms with Crippen LogP contribution in [0.25, 0.3) is 11.1 Å². The van der Waals surface area contributed by atoms with Gasteiger partial charge < -0.3 is 19.3 Å². The maximum Gasteiger partial charge on any atom is 0.417 e. The summed E-state index contributed by atoms with van der Waals surface area (Å²) in [5.41, 5.74) is 2.31. The van der Waals surface area contributed by atoms with E-state index in [9.17, 15) is 23.1 Å². The number of halogens is 3. The minimum absolute atomic E-state index is 0.0557. The predicted octanol–water partition coefficient (Wildman–Crippen LogP) is 6.51. The van der Waals surface area contributed by atoms with Crippen LogP contribution < -0.4 is 9.47 Å². The second-order valence-electron chi connectivity index (χ2n) is 11.3. The molecule has 2 aliphatic carbocycles. The number of pyridine rings is 1. The van der Waals surface area contributed by atoms with Gasteiger partial charge in [0.05, 0.1) is 23.7 Å². The van der Waals surface area contributed by atoms with Crippen molar-refractivity contribution in [3.63, 3.8) is 0 Å². The van der Waals surface area contributed by atoms with Crippen LogP contribution >= 0.6 is 0 Å². The average molecular weight is 570 g/mol. The highest BCUT2D eigenvalue weighted by Crippen LogP contribution is 2.62. The van der Waals surface area contributed by atoms with Gasteiger partial charge in [0.2, 0.25) is 5.88 Å².